The van der Waals surface area contributed by atoms with Crippen molar-refractivity contribution in [3.05, 3.63) is 33.3 Å². The molecule has 2 N–H and O–H groups in total. The average Bonchev–Trinajstić information content (AvgIpc) is 2.19. The molecule has 4 heteroatoms. The fourth-order valence-corrected chi connectivity index (χ4v) is 2.68. The van der Waals surface area contributed by atoms with Crippen LogP contribution in [-0.2, 0) is 6.54 Å². The van der Waals surface area contributed by atoms with E-state index in [1.165, 1.54) is 6.42 Å². The van der Waals surface area contributed by atoms with Crippen molar-refractivity contribution in [3.63, 3.8) is 0 Å². The molecule has 0 atom stereocenters. The van der Waals surface area contributed by atoms with Crippen LogP contribution in [0.1, 0.15) is 24.8 Å². The van der Waals surface area contributed by atoms with Crippen LogP contribution in [0.15, 0.2) is 22.7 Å². The van der Waals surface area contributed by atoms with Crippen molar-refractivity contribution in [3.8, 4) is 0 Å². The Morgan fingerprint density at radius 1 is 1.44 bits per heavy atom. The fourth-order valence-electron chi connectivity index (χ4n) is 1.94. The van der Waals surface area contributed by atoms with Gasteiger partial charge in [-0.3, -0.25) is 0 Å². The minimum atomic E-state index is -0.0591. The molecule has 0 aliphatic heterocycles. The highest BCUT2D eigenvalue weighted by molar-refractivity contribution is 9.10. The van der Waals surface area contributed by atoms with Crippen LogP contribution in [0.2, 0.25) is 5.02 Å². The molecule has 0 radical (unpaired) electrons. The number of hydrogen-bond donors (Lipinski definition) is 2. The van der Waals surface area contributed by atoms with E-state index in [1.54, 1.807) is 0 Å². The van der Waals surface area contributed by atoms with Gasteiger partial charge in [-0.1, -0.05) is 33.6 Å². The van der Waals surface area contributed by atoms with Gasteiger partial charge in [-0.05, 0) is 37.0 Å². The van der Waals surface area contributed by atoms with Crippen LogP contribution < -0.4 is 5.32 Å². The maximum Gasteiger partial charge on any atom is 0.0613 e. The highest BCUT2D eigenvalue weighted by atomic mass is 79.9. The zero-order valence-corrected chi connectivity index (χ0v) is 11.3. The van der Waals surface area contributed by atoms with Crippen LogP contribution in [-0.4, -0.2) is 17.3 Å². The number of aliphatic hydroxyl groups excluding tert-OH is 1. The highest BCUT2D eigenvalue weighted by Crippen LogP contribution is 2.32. The standard InChI is InChI=1S/C12H15BrClNO/c13-10-3-2-9(11(14)6-10)7-15-12(8-16)4-1-5-12/h2-3,6,15-16H,1,4-5,7-8H2. The monoisotopic (exact) mass is 303 g/mol. The van der Waals surface area contributed by atoms with Gasteiger partial charge in [-0.25, -0.2) is 0 Å². The van der Waals surface area contributed by atoms with Gasteiger partial charge >= 0.3 is 0 Å². The largest absolute Gasteiger partial charge is 0.394 e. The summed E-state index contributed by atoms with van der Waals surface area (Å²) in [6, 6.07) is 5.88. The van der Waals surface area contributed by atoms with Crippen molar-refractivity contribution in [2.75, 3.05) is 6.61 Å². The molecule has 1 fully saturated rings. The summed E-state index contributed by atoms with van der Waals surface area (Å²) in [6.45, 7) is 0.924. The van der Waals surface area contributed by atoms with Gasteiger partial charge in [-0.2, -0.15) is 0 Å². The Hall–Kier alpha value is -0.0900. The highest BCUT2D eigenvalue weighted by Gasteiger charge is 2.35. The molecule has 0 bridgehead atoms. The molecule has 0 heterocycles. The summed E-state index contributed by atoms with van der Waals surface area (Å²) in [7, 11) is 0. The first-order valence-electron chi connectivity index (χ1n) is 5.45. The maximum absolute atomic E-state index is 9.32. The fraction of sp³-hybridized carbons (Fsp3) is 0.500. The van der Waals surface area contributed by atoms with Gasteiger partial charge < -0.3 is 10.4 Å². The molecule has 1 aromatic rings. The molecule has 0 aromatic heterocycles. The normalized spacial score (nSPS) is 18.2. The Bertz CT molecular complexity index is 374. The van der Waals surface area contributed by atoms with Crippen molar-refractivity contribution in [2.24, 2.45) is 0 Å². The Morgan fingerprint density at radius 2 is 2.19 bits per heavy atom. The topological polar surface area (TPSA) is 32.3 Å². The first-order chi connectivity index (χ1) is 7.65. The van der Waals surface area contributed by atoms with Crippen molar-refractivity contribution in [1.82, 2.24) is 5.32 Å². The van der Waals surface area contributed by atoms with Crippen LogP contribution in [0.4, 0.5) is 0 Å². The van der Waals surface area contributed by atoms with E-state index in [2.05, 4.69) is 21.2 Å². The minimum Gasteiger partial charge on any atom is -0.394 e. The molecule has 2 rings (SSSR count). The van der Waals surface area contributed by atoms with Gasteiger partial charge in [0.1, 0.15) is 0 Å². The number of nitrogens with one attached hydrogen (secondary N) is 1. The van der Waals surface area contributed by atoms with E-state index in [1.807, 2.05) is 18.2 Å². The SMILES string of the molecule is OCC1(NCc2ccc(Br)cc2Cl)CCC1. The first-order valence-corrected chi connectivity index (χ1v) is 6.62. The van der Waals surface area contributed by atoms with Crippen molar-refractivity contribution >= 4 is 27.5 Å². The van der Waals surface area contributed by atoms with Crippen molar-refractivity contribution in [2.45, 2.75) is 31.3 Å². The summed E-state index contributed by atoms with van der Waals surface area (Å²) in [5, 5.41) is 13.5. The lowest BCUT2D eigenvalue weighted by Gasteiger charge is -2.41. The molecule has 1 aliphatic carbocycles. The molecule has 0 amide bonds. The average molecular weight is 305 g/mol. The zero-order chi connectivity index (χ0) is 11.6. The molecule has 88 valence electrons. The molecule has 1 aliphatic rings. The van der Waals surface area contributed by atoms with Crippen LogP contribution >= 0.6 is 27.5 Å². The second kappa shape index (κ2) is 5.05. The van der Waals surface area contributed by atoms with E-state index in [9.17, 15) is 5.11 Å². The quantitative estimate of drug-likeness (QED) is 0.896. The van der Waals surface area contributed by atoms with Crippen LogP contribution in [0.3, 0.4) is 0 Å². The van der Waals surface area contributed by atoms with Gasteiger partial charge in [0.05, 0.1) is 6.61 Å². The lowest BCUT2D eigenvalue weighted by atomic mass is 9.77. The van der Waals surface area contributed by atoms with Crippen molar-refractivity contribution < 1.29 is 5.11 Å². The number of rotatable bonds is 4. The Kier molecular flexibility index (Phi) is 3.90. The van der Waals surface area contributed by atoms with E-state index >= 15 is 0 Å². The smallest absolute Gasteiger partial charge is 0.0613 e. The zero-order valence-electron chi connectivity index (χ0n) is 8.97. The van der Waals surface area contributed by atoms with Crippen LogP contribution in [0.25, 0.3) is 0 Å². The van der Waals surface area contributed by atoms with Gasteiger partial charge in [0.2, 0.25) is 0 Å². The van der Waals surface area contributed by atoms with Crippen LogP contribution in [0.5, 0.6) is 0 Å². The number of hydrogen-bond acceptors (Lipinski definition) is 2. The Labute approximate surface area is 109 Å². The van der Waals surface area contributed by atoms with Gasteiger partial charge in [-0.15, -0.1) is 0 Å². The predicted molar refractivity (Wildman–Crippen MR) is 69.7 cm³/mol. The van der Waals surface area contributed by atoms with E-state index in [4.69, 9.17) is 11.6 Å². The summed E-state index contributed by atoms with van der Waals surface area (Å²) >= 11 is 9.51. The van der Waals surface area contributed by atoms with E-state index in [0.717, 1.165) is 27.9 Å². The molecule has 1 saturated carbocycles. The molecule has 0 spiro atoms. The molecule has 0 unspecified atom stereocenters. The summed E-state index contributed by atoms with van der Waals surface area (Å²) in [6.07, 6.45) is 3.30. The lowest BCUT2D eigenvalue weighted by Crippen LogP contribution is -2.53. The summed E-state index contributed by atoms with van der Waals surface area (Å²) in [5.74, 6) is 0. The number of benzene rings is 1. The summed E-state index contributed by atoms with van der Waals surface area (Å²) in [5.41, 5.74) is 1.01. The van der Waals surface area contributed by atoms with Gasteiger partial charge in [0.25, 0.3) is 0 Å². The summed E-state index contributed by atoms with van der Waals surface area (Å²) < 4.78 is 0.988. The lowest BCUT2D eigenvalue weighted by molar-refractivity contribution is 0.0872. The van der Waals surface area contributed by atoms with E-state index in [-0.39, 0.29) is 12.1 Å². The molecular weight excluding hydrogens is 289 g/mol. The molecule has 0 saturated heterocycles. The predicted octanol–water partition coefficient (Wildman–Crippen LogP) is 3.11. The van der Waals surface area contributed by atoms with E-state index < -0.39 is 0 Å². The van der Waals surface area contributed by atoms with Crippen molar-refractivity contribution in [1.29, 1.82) is 0 Å². The Morgan fingerprint density at radius 3 is 2.69 bits per heavy atom. The molecule has 2 nitrogen and oxygen atoms in total. The second-order valence-corrected chi connectivity index (χ2v) is 5.70. The van der Waals surface area contributed by atoms with Gasteiger partial charge in [0.15, 0.2) is 0 Å². The second-order valence-electron chi connectivity index (χ2n) is 4.38. The minimum absolute atomic E-state index is 0.0591. The number of halogens is 2. The third-order valence-electron chi connectivity index (χ3n) is 3.28. The summed E-state index contributed by atoms with van der Waals surface area (Å²) in [4.78, 5) is 0. The van der Waals surface area contributed by atoms with Crippen LogP contribution in [0, 0.1) is 0 Å². The first kappa shape index (κ1) is 12.4. The number of aliphatic hydroxyl groups is 1. The Balaban J connectivity index is 1.99. The molecule has 1 aromatic carbocycles. The third-order valence-corrected chi connectivity index (χ3v) is 4.13. The molecule has 16 heavy (non-hydrogen) atoms. The third kappa shape index (κ3) is 2.59. The van der Waals surface area contributed by atoms with E-state index in [0.29, 0.717) is 6.54 Å². The maximum atomic E-state index is 9.32. The molecular formula is C12H15BrClNO. The van der Waals surface area contributed by atoms with Gasteiger partial charge in [0, 0.05) is 21.6 Å².